The third-order valence-electron chi connectivity index (χ3n) is 3.27. The van der Waals surface area contributed by atoms with Crippen LogP contribution in [0.1, 0.15) is 17.7 Å². The van der Waals surface area contributed by atoms with Crippen molar-refractivity contribution >= 4 is 43.2 Å². The molecule has 1 aromatic heterocycles. The van der Waals surface area contributed by atoms with E-state index in [0.717, 1.165) is 19.0 Å². The number of nitrogens with one attached hydrogen (secondary N) is 1. The lowest BCUT2D eigenvalue weighted by molar-refractivity contribution is 0.216. The molecule has 0 amide bonds. The predicted molar refractivity (Wildman–Crippen MR) is 81.6 cm³/mol. The van der Waals surface area contributed by atoms with E-state index in [0.29, 0.717) is 0 Å². The summed E-state index contributed by atoms with van der Waals surface area (Å²) in [5.41, 5.74) is 0. The molecular formula is C12H18Br2N2S. The SMILES string of the molecule is CN1CCC(CNCc2cc(Br)c(Br)s2)CC1. The van der Waals surface area contributed by atoms with Crippen LogP contribution in [-0.4, -0.2) is 31.6 Å². The van der Waals surface area contributed by atoms with Crippen molar-refractivity contribution in [3.8, 4) is 0 Å². The van der Waals surface area contributed by atoms with Crippen molar-refractivity contribution in [2.75, 3.05) is 26.7 Å². The number of piperidine rings is 1. The molecule has 0 aromatic carbocycles. The molecule has 0 spiro atoms. The molecule has 0 aliphatic carbocycles. The van der Waals surface area contributed by atoms with Gasteiger partial charge in [-0.05, 0) is 83.4 Å². The first-order valence-corrected chi connectivity index (χ1v) is 8.38. The molecule has 1 saturated heterocycles. The summed E-state index contributed by atoms with van der Waals surface area (Å²) in [6.45, 7) is 4.65. The molecule has 2 heterocycles. The van der Waals surface area contributed by atoms with Crippen molar-refractivity contribution in [3.63, 3.8) is 0 Å². The Hall–Kier alpha value is 0.580. The van der Waals surface area contributed by atoms with Crippen molar-refractivity contribution in [1.29, 1.82) is 0 Å². The van der Waals surface area contributed by atoms with Gasteiger partial charge in [-0.2, -0.15) is 0 Å². The Bertz CT molecular complexity index is 340. The molecule has 1 N–H and O–H groups in total. The van der Waals surface area contributed by atoms with Gasteiger partial charge in [-0.1, -0.05) is 0 Å². The summed E-state index contributed by atoms with van der Waals surface area (Å²) in [6.07, 6.45) is 2.67. The maximum Gasteiger partial charge on any atom is 0.0843 e. The first-order valence-electron chi connectivity index (χ1n) is 5.98. The van der Waals surface area contributed by atoms with E-state index < -0.39 is 0 Å². The Morgan fingerprint density at radius 3 is 2.71 bits per heavy atom. The minimum Gasteiger partial charge on any atom is -0.312 e. The Balaban J connectivity index is 1.69. The highest BCUT2D eigenvalue weighted by molar-refractivity contribution is 9.13. The highest BCUT2D eigenvalue weighted by atomic mass is 79.9. The Kier molecular flexibility index (Phi) is 5.49. The molecule has 1 aromatic rings. The minimum atomic E-state index is 0.859. The normalized spacial score (nSPS) is 18.8. The van der Waals surface area contributed by atoms with Crippen molar-refractivity contribution in [3.05, 3.63) is 19.2 Å². The summed E-state index contributed by atoms with van der Waals surface area (Å²) in [5.74, 6) is 0.859. The topological polar surface area (TPSA) is 15.3 Å². The van der Waals surface area contributed by atoms with Gasteiger partial charge in [0.05, 0.1) is 3.79 Å². The summed E-state index contributed by atoms with van der Waals surface area (Å²) < 4.78 is 2.35. The van der Waals surface area contributed by atoms with Crippen LogP contribution in [0.2, 0.25) is 0 Å². The molecule has 5 heteroatoms. The lowest BCUT2D eigenvalue weighted by atomic mass is 9.97. The van der Waals surface area contributed by atoms with Crippen LogP contribution in [0.3, 0.4) is 0 Å². The zero-order valence-electron chi connectivity index (χ0n) is 10.0. The third kappa shape index (κ3) is 4.31. The average Bonchev–Trinajstić information content (AvgIpc) is 2.61. The molecule has 1 aliphatic heterocycles. The number of hydrogen-bond donors (Lipinski definition) is 1. The van der Waals surface area contributed by atoms with Gasteiger partial charge in [-0.25, -0.2) is 0 Å². The van der Waals surface area contributed by atoms with Crippen molar-refractivity contribution in [2.45, 2.75) is 19.4 Å². The number of likely N-dealkylation sites (tertiary alicyclic amines) is 1. The van der Waals surface area contributed by atoms with Crippen molar-refractivity contribution in [2.24, 2.45) is 5.92 Å². The van der Waals surface area contributed by atoms with Crippen LogP contribution in [0.15, 0.2) is 14.3 Å². The molecule has 96 valence electrons. The monoisotopic (exact) mass is 380 g/mol. The number of halogens is 2. The molecule has 0 bridgehead atoms. The van der Waals surface area contributed by atoms with Gasteiger partial charge in [0.2, 0.25) is 0 Å². The van der Waals surface area contributed by atoms with Gasteiger partial charge in [-0.3, -0.25) is 0 Å². The first-order chi connectivity index (χ1) is 8.15. The van der Waals surface area contributed by atoms with E-state index >= 15 is 0 Å². The molecule has 0 unspecified atom stereocenters. The van der Waals surface area contributed by atoms with E-state index in [-0.39, 0.29) is 0 Å². The predicted octanol–water partition coefficient (Wildman–Crippen LogP) is 3.70. The van der Waals surface area contributed by atoms with Gasteiger partial charge in [0.25, 0.3) is 0 Å². The van der Waals surface area contributed by atoms with E-state index in [1.54, 1.807) is 11.3 Å². The van der Waals surface area contributed by atoms with E-state index in [1.807, 2.05) is 0 Å². The maximum atomic E-state index is 3.58. The summed E-state index contributed by atoms with van der Waals surface area (Å²) in [5, 5.41) is 3.58. The van der Waals surface area contributed by atoms with Crippen LogP contribution >= 0.6 is 43.2 Å². The fraction of sp³-hybridized carbons (Fsp3) is 0.667. The van der Waals surface area contributed by atoms with Crippen molar-refractivity contribution in [1.82, 2.24) is 10.2 Å². The molecule has 17 heavy (non-hydrogen) atoms. The second-order valence-electron chi connectivity index (χ2n) is 4.71. The highest BCUT2D eigenvalue weighted by Crippen LogP contribution is 2.32. The average molecular weight is 382 g/mol. The summed E-state index contributed by atoms with van der Waals surface area (Å²) in [6, 6.07) is 2.19. The molecule has 2 nitrogen and oxygen atoms in total. The maximum absolute atomic E-state index is 3.58. The number of thiophene rings is 1. The van der Waals surface area contributed by atoms with E-state index in [1.165, 1.54) is 39.1 Å². The number of hydrogen-bond acceptors (Lipinski definition) is 3. The molecule has 1 fully saturated rings. The van der Waals surface area contributed by atoms with Crippen molar-refractivity contribution < 1.29 is 0 Å². The van der Waals surface area contributed by atoms with Crippen LogP contribution in [0, 0.1) is 5.92 Å². The first kappa shape index (κ1) is 14.0. The zero-order chi connectivity index (χ0) is 12.3. The Labute approximate surface area is 124 Å². The van der Waals surface area contributed by atoms with Gasteiger partial charge in [0, 0.05) is 15.9 Å². The highest BCUT2D eigenvalue weighted by Gasteiger charge is 2.16. The Morgan fingerprint density at radius 1 is 1.41 bits per heavy atom. The molecule has 0 atom stereocenters. The lowest BCUT2D eigenvalue weighted by Crippen LogP contribution is -2.34. The van der Waals surface area contributed by atoms with E-state index in [4.69, 9.17) is 0 Å². The van der Waals surface area contributed by atoms with Crippen LogP contribution in [0.4, 0.5) is 0 Å². The van der Waals surface area contributed by atoms with E-state index in [9.17, 15) is 0 Å². The van der Waals surface area contributed by atoms with Gasteiger partial charge < -0.3 is 10.2 Å². The number of rotatable bonds is 4. The second kappa shape index (κ2) is 6.66. The van der Waals surface area contributed by atoms with Gasteiger partial charge >= 0.3 is 0 Å². The molecule has 0 radical (unpaired) electrons. The largest absolute Gasteiger partial charge is 0.312 e. The third-order valence-corrected chi connectivity index (χ3v) is 6.52. The smallest absolute Gasteiger partial charge is 0.0843 e. The van der Waals surface area contributed by atoms with E-state index in [2.05, 4.69) is 55.2 Å². The fourth-order valence-corrected chi connectivity index (χ4v) is 4.29. The van der Waals surface area contributed by atoms with Gasteiger partial charge in [0.1, 0.15) is 0 Å². The quantitative estimate of drug-likeness (QED) is 0.855. The Morgan fingerprint density at radius 2 is 2.12 bits per heavy atom. The van der Waals surface area contributed by atoms with Gasteiger partial charge in [0.15, 0.2) is 0 Å². The summed E-state index contributed by atoms with van der Waals surface area (Å²) in [7, 11) is 2.21. The zero-order valence-corrected chi connectivity index (χ0v) is 14.0. The fourth-order valence-electron chi connectivity index (χ4n) is 2.14. The molecular weight excluding hydrogens is 364 g/mol. The van der Waals surface area contributed by atoms with Crippen LogP contribution < -0.4 is 5.32 Å². The molecule has 1 aliphatic rings. The number of nitrogens with zero attached hydrogens (tertiary/aromatic N) is 1. The lowest BCUT2D eigenvalue weighted by Gasteiger charge is -2.28. The molecule has 0 saturated carbocycles. The van der Waals surface area contributed by atoms with Crippen LogP contribution in [0.25, 0.3) is 0 Å². The van der Waals surface area contributed by atoms with Gasteiger partial charge in [-0.15, -0.1) is 11.3 Å². The van der Waals surface area contributed by atoms with Crippen LogP contribution in [-0.2, 0) is 6.54 Å². The minimum absolute atomic E-state index is 0.859. The summed E-state index contributed by atoms with van der Waals surface area (Å²) >= 11 is 8.85. The summed E-state index contributed by atoms with van der Waals surface area (Å²) in [4.78, 5) is 3.81. The second-order valence-corrected chi connectivity index (χ2v) is 8.02. The molecule has 2 rings (SSSR count). The standard InChI is InChI=1S/C12H18Br2N2S/c1-16-4-2-9(3-5-16)7-15-8-10-6-11(13)12(14)17-10/h6,9,15H,2-5,7-8H2,1H3. The van der Waals surface area contributed by atoms with Crippen LogP contribution in [0.5, 0.6) is 0 Å².